The Morgan fingerprint density at radius 1 is 1.06 bits per heavy atom. The van der Waals surface area contributed by atoms with E-state index in [-0.39, 0.29) is 17.9 Å². The Kier molecular flexibility index (Phi) is 6.09. The summed E-state index contributed by atoms with van der Waals surface area (Å²) < 4.78 is 0. The minimum absolute atomic E-state index is 0.129. The number of hydrogen-bond acceptors (Lipinski definition) is 3. The summed E-state index contributed by atoms with van der Waals surface area (Å²) in [4.78, 5) is 5.68. The molecule has 0 aromatic carbocycles. The van der Waals surface area contributed by atoms with Crippen LogP contribution in [-0.4, -0.2) is 28.0 Å². The maximum absolute atomic E-state index is 9.31. The molecule has 18 heavy (non-hydrogen) atoms. The molecule has 1 heterocycles. The second-order valence-corrected chi connectivity index (χ2v) is 6.40. The van der Waals surface area contributed by atoms with Crippen molar-refractivity contribution in [1.29, 1.82) is 0 Å². The van der Waals surface area contributed by atoms with Crippen LogP contribution < -0.4 is 0 Å². The van der Waals surface area contributed by atoms with Gasteiger partial charge in [-0.3, -0.25) is 4.84 Å². The molecule has 0 aromatic heterocycles. The van der Waals surface area contributed by atoms with Crippen molar-refractivity contribution < 1.29 is 9.94 Å². The predicted octanol–water partition coefficient (Wildman–Crippen LogP) is 3.86. The smallest absolute Gasteiger partial charge is 0.162 e. The van der Waals surface area contributed by atoms with E-state index in [2.05, 4.69) is 13.8 Å². The summed E-state index contributed by atoms with van der Waals surface area (Å²) in [6.07, 6.45) is 10.4. The first-order valence-electron chi connectivity index (χ1n) is 7.56. The zero-order valence-electron chi connectivity index (χ0n) is 12.7. The fourth-order valence-electron chi connectivity index (χ4n) is 2.56. The molecule has 1 aliphatic heterocycles. The van der Waals surface area contributed by atoms with Crippen LogP contribution in [0.1, 0.15) is 79.1 Å². The molecule has 1 N–H and O–H groups in total. The van der Waals surface area contributed by atoms with Gasteiger partial charge in [-0.15, -0.1) is 5.06 Å². The van der Waals surface area contributed by atoms with E-state index in [1.54, 1.807) is 0 Å². The Balaban J connectivity index is 2.07. The third-order valence-electron chi connectivity index (χ3n) is 3.87. The Bertz CT molecular complexity index is 243. The fraction of sp³-hybridized carbons (Fsp3) is 1.00. The number of hydrogen-bond donors (Lipinski definition) is 1. The van der Waals surface area contributed by atoms with Crippen LogP contribution in [0, 0.1) is 0 Å². The molecule has 0 aromatic rings. The molecule has 3 nitrogen and oxygen atoms in total. The van der Waals surface area contributed by atoms with Crippen molar-refractivity contribution in [1.82, 2.24) is 5.06 Å². The van der Waals surface area contributed by atoms with Gasteiger partial charge in [0.15, 0.2) is 5.72 Å². The predicted molar refractivity (Wildman–Crippen MR) is 75.1 cm³/mol. The molecule has 2 atom stereocenters. The summed E-state index contributed by atoms with van der Waals surface area (Å²) >= 11 is 0. The molecular formula is C15H31NO2. The first-order valence-corrected chi connectivity index (χ1v) is 7.56. The van der Waals surface area contributed by atoms with Gasteiger partial charge in [-0.2, -0.15) is 0 Å². The lowest BCUT2D eigenvalue weighted by Crippen LogP contribution is -2.38. The molecule has 0 bridgehead atoms. The number of nitrogens with zero attached hydrogens (tertiary/aromatic N) is 1. The lowest BCUT2D eigenvalue weighted by atomic mass is 10.0. The van der Waals surface area contributed by atoms with Gasteiger partial charge in [0, 0.05) is 0 Å². The van der Waals surface area contributed by atoms with Crippen molar-refractivity contribution in [2.75, 3.05) is 6.61 Å². The number of rotatable bonds is 10. The van der Waals surface area contributed by atoms with E-state index in [9.17, 15) is 5.11 Å². The van der Waals surface area contributed by atoms with Gasteiger partial charge < -0.3 is 5.11 Å². The number of aliphatic hydroxyl groups is 1. The van der Waals surface area contributed by atoms with Gasteiger partial charge in [0.25, 0.3) is 0 Å². The molecule has 1 rings (SSSR count). The summed E-state index contributed by atoms with van der Waals surface area (Å²) in [5.74, 6) is 0. The summed E-state index contributed by atoms with van der Waals surface area (Å²) in [6.45, 7) is 8.55. The first-order chi connectivity index (χ1) is 8.46. The molecule has 0 spiro atoms. The number of aliphatic hydroxyl groups excluding tert-OH is 1. The Labute approximate surface area is 112 Å². The SMILES string of the molecule is CCCCCCCCC[C@]1(C)ON1C(C)(C)CO. The highest BCUT2D eigenvalue weighted by atomic mass is 16.9. The van der Waals surface area contributed by atoms with Crippen LogP contribution in [0.5, 0.6) is 0 Å². The van der Waals surface area contributed by atoms with Crippen molar-refractivity contribution in [3.63, 3.8) is 0 Å². The van der Waals surface area contributed by atoms with E-state index < -0.39 is 0 Å². The highest BCUT2D eigenvalue weighted by molar-refractivity contribution is 4.92. The van der Waals surface area contributed by atoms with E-state index in [0.29, 0.717) is 0 Å². The van der Waals surface area contributed by atoms with Crippen molar-refractivity contribution in [3.05, 3.63) is 0 Å². The van der Waals surface area contributed by atoms with E-state index in [0.717, 1.165) is 6.42 Å². The Hall–Kier alpha value is -0.120. The molecule has 1 fully saturated rings. The van der Waals surface area contributed by atoms with Crippen LogP contribution in [0.25, 0.3) is 0 Å². The van der Waals surface area contributed by atoms with Crippen LogP contribution in [0.3, 0.4) is 0 Å². The van der Waals surface area contributed by atoms with Gasteiger partial charge in [-0.05, 0) is 33.6 Å². The Morgan fingerprint density at radius 3 is 2.17 bits per heavy atom. The molecule has 0 saturated carbocycles. The van der Waals surface area contributed by atoms with Crippen molar-refractivity contribution in [2.45, 2.75) is 90.3 Å². The van der Waals surface area contributed by atoms with Gasteiger partial charge in [0.1, 0.15) is 0 Å². The molecule has 1 unspecified atom stereocenters. The lowest BCUT2D eigenvalue weighted by molar-refractivity contribution is 0.0393. The molecule has 0 amide bonds. The van der Waals surface area contributed by atoms with Gasteiger partial charge in [-0.25, -0.2) is 0 Å². The van der Waals surface area contributed by atoms with Crippen LogP contribution in [-0.2, 0) is 4.84 Å². The molecule has 1 saturated heterocycles. The quantitative estimate of drug-likeness (QED) is 0.477. The molecule has 0 aliphatic carbocycles. The maximum atomic E-state index is 9.31. The first kappa shape index (κ1) is 15.9. The third-order valence-corrected chi connectivity index (χ3v) is 3.87. The second-order valence-electron chi connectivity index (χ2n) is 6.40. The van der Waals surface area contributed by atoms with Gasteiger partial charge in [0.2, 0.25) is 0 Å². The Morgan fingerprint density at radius 2 is 1.61 bits per heavy atom. The molecular weight excluding hydrogens is 226 g/mol. The highest BCUT2D eigenvalue weighted by Gasteiger charge is 2.56. The minimum Gasteiger partial charge on any atom is -0.394 e. The molecule has 1 aliphatic rings. The van der Waals surface area contributed by atoms with Crippen LogP contribution >= 0.6 is 0 Å². The van der Waals surface area contributed by atoms with Gasteiger partial charge in [-0.1, -0.05) is 45.4 Å². The van der Waals surface area contributed by atoms with Gasteiger partial charge in [0.05, 0.1) is 12.1 Å². The summed E-state index contributed by atoms with van der Waals surface area (Å²) in [7, 11) is 0. The number of unbranched alkanes of at least 4 members (excludes halogenated alkanes) is 6. The van der Waals surface area contributed by atoms with Crippen molar-refractivity contribution in [2.24, 2.45) is 0 Å². The maximum Gasteiger partial charge on any atom is 0.162 e. The summed E-state index contributed by atoms with van der Waals surface area (Å²) in [6, 6.07) is 0. The third kappa shape index (κ3) is 4.52. The minimum atomic E-state index is -0.254. The standard InChI is InChI=1S/C15H31NO2/c1-5-6-7-8-9-10-11-12-15(4)16(18-15)14(2,3)13-17/h17H,5-13H2,1-4H3/t15-,16?/m0/s1. The van der Waals surface area contributed by atoms with E-state index in [1.165, 1.54) is 44.9 Å². The molecule has 3 heteroatoms. The fourth-order valence-corrected chi connectivity index (χ4v) is 2.56. The van der Waals surface area contributed by atoms with E-state index in [4.69, 9.17) is 4.84 Å². The number of hydroxylamine groups is 2. The van der Waals surface area contributed by atoms with Crippen LogP contribution in [0.15, 0.2) is 0 Å². The largest absolute Gasteiger partial charge is 0.394 e. The molecule has 0 radical (unpaired) electrons. The topological polar surface area (TPSA) is 35.8 Å². The zero-order chi connectivity index (χ0) is 13.6. The molecule has 108 valence electrons. The van der Waals surface area contributed by atoms with E-state index >= 15 is 0 Å². The second kappa shape index (κ2) is 6.88. The summed E-state index contributed by atoms with van der Waals surface area (Å²) in [5, 5.41) is 11.3. The van der Waals surface area contributed by atoms with Crippen molar-refractivity contribution >= 4 is 0 Å². The lowest BCUT2D eigenvalue weighted by Gasteiger charge is -2.22. The van der Waals surface area contributed by atoms with Gasteiger partial charge >= 0.3 is 0 Å². The normalized spacial score (nSPS) is 27.5. The van der Waals surface area contributed by atoms with Crippen LogP contribution in [0.4, 0.5) is 0 Å². The average molecular weight is 257 g/mol. The average Bonchev–Trinajstić information content (AvgIpc) is 3.02. The monoisotopic (exact) mass is 257 g/mol. The zero-order valence-corrected chi connectivity index (χ0v) is 12.7. The van der Waals surface area contributed by atoms with Crippen molar-refractivity contribution in [3.8, 4) is 0 Å². The highest BCUT2D eigenvalue weighted by Crippen LogP contribution is 2.44. The van der Waals surface area contributed by atoms with E-state index in [1.807, 2.05) is 18.9 Å². The van der Waals surface area contributed by atoms with Crippen LogP contribution in [0.2, 0.25) is 0 Å². The summed E-state index contributed by atoms with van der Waals surface area (Å²) in [5.41, 5.74) is -0.383.